The second-order valence-corrected chi connectivity index (χ2v) is 4.48. The van der Waals surface area contributed by atoms with E-state index < -0.39 is 0 Å². The van der Waals surface area contributed by atoms with Gasteiger partial charge >= 0.3 is 0 Å². The quantitative estimate of drug-likeness (QED) is 0.780. The highest BCUT2D eigenvalue weighted by Gasteiger charge is 2.12. The first-order chi connectivity index (χ1) is 7.34. The van der Waals surface area contributed by atoms with E-state index in [1.54, 1.807) is 0 Å². The van der Waals surface area contributed by atoms with E-state index in [0.717, 1.165) is 19.0 Å². The summed E-state index contributed by atoms with van der Waals surface area (Å²) in [5.41, 5.74) is 2.71. The lowest BCUT2D eigenvalue weighted by Gasteiger charge is -2.09. The van der Waals surface area contributed by atoms with Crippen molar-refractivity contribution in [2.45, 2.75) is 19.9 Å². The van der Waals surface area contributed by atoms with E-state index in [2.05, 4.69) is 41.8 Å². The summed E-state index contributed by atoms with van der Waals surface area (Å²) in [6.07, 6.45) is 1.32. The lowest BCUT2D eigenvalue weighted by atomic mass is 10.1. The molecule has 0 spiro atoms. The minimum atomic E-state index is 0.829. The third kappa shape index (κ3) is 3.33. The van der Waals surface area contributed by atoms with E-state index >= 15 is 0 Å². The van der Waals surface area contributed by atoms with E-state index in [0.29, 0.717) is 0 Å². The Kier molecular flexibility index (Phi) is 3.75. The second-order valence-electron chi connectivity index (χ2n) is 4.48. The number of aryl methyl sites for hydroxylation is 1. The van der Waals surface area contributed by atoms with Gasteiger partial charge in [-0.15, -0.1) is 0 Å². The van der Waals surface area contributed by atoms with E-state index in [4.69, 9.17) is 0 Å². The summed E-state index contributed by atoms with van der Waals surface area (Å²) < 4.78 is 0. The zero-order valence-electron chi connectivity index (χ0n) is 9.42. The van der Waals surface area contributed by atoms with Gasteiger partial charge in [0.2, 0.25) is 0 Å². The number of hydrogen-bond acceptors (Lipinski definition) is 2. The average molecular weight is 204 g/mol. The summed E-state index contributed by atoms with van der Waals surface area (Å²) in [5.74, 6) is 0.829. The summed E-state index contributed by atoms with van der Waals surface area (Å²) in [7, 11) is 0. The summed E-state index contributed by atoms with van der Waals surface area (Å²) in [6.45, 7) is 6.64. The molecule has 1 aliphatic heterocycles. The Morgan fingerprint density at radius 1 is 1.33 bits per heavy atom. The molecule has 0 radical (unpaired) electrons. The van der Waals surface area contributed by atoms with Crippen LogP contribution in [0.25, 0.3) is 0 Å². The van der Waals surface area contributed by atoms with Gasteiger partial charge in [0.05, 0.1) is 0 Å². The molecule has 1 heterocycles. The lowest BCUT2D eigenvalue weighted by Crippen LogP contribution is -2.23. The van der Waals surface area contributed by atoms with E-state index in [1.165, 1.54) is 30.6 Å². The standard InChI is InChI=1S/C13H20N2/c1-11-2-4-12(5-3-11)8-15-10-13-6-7-14-9-13/h2-5,13-15H,6-10H2,1H3. The van der Waals surface area contributed by atoms with Crippen LogP contribution in [-0.4, -0.2) is 19.6 Å². The molecule has 0 aliphatic carbocycles. The minimum absolute atomic E-state index is 0.829. The maximum atomic E-state index is 3.52. The molecule has 0 amide bonds. The summed E-state index contributed by atoms with van der Waals surface area (Å²) in [5, 5.41) is 6.91. The number of benzene rings is 1. The van der Waals surface area contributed by atoms with Gasteiger partial charge in [0.15, 0.2) is 0 Å². The van der Waals surface area contributed by atoms with E-state index in [9.17, 15) is 0 Å². The van der Waals surface area contributed by atoms with Gasteiger partial charge in [-0.05, 0) is 44.5 Å². The third-order valence-corrected chi connectivity index (χ3v) is 3.05. The van der Waals surface area contributed by atoms with Crippen LogP contribution in [-0.2, 0) is 6.54 Å². The van der Waals surface area contributed by atoms with Gasteiger partial charge < -0.3 is 10.6 Å². The fourth-order valence-corrected chi connectivity index (χ4v) is 2.02. The summed E-state index contributed by atoms with van der Waals surface area (Å²) >= 11 is 0. The molecule has 1 atom stereocenters. The van der Waals surface area contributed by atoms with Gasteiger partial charge in [0, 0.05) is 6.54 Å². The molecule has 15 heavy (non-hydrogen) atoms. The third-order valence-electron chi connectivity index (χ3n) is 3.05. The van der Waals surface area contributed by atoms with E-state index in [1.807, 2.05) is 0 Å². The first kappa shape index (κ1) is 10.7. The fraction of sp³-hybridized carbons (Fsp3) is 0.538. The van der Waals surface area contributed by atoms with Crippen molar-refractivity contribution < 1.29 is 0 Å². The van der Waals surface area contributed by atoms with Crippen molar-refractivity contribution in [2.75, 3.05) is 19.6 Å². The van der Waals surface area contributed by atoms with Gasteiger partial charge in [-0.2, -0.15) is 0 Å². The molecule has 1 aromatic carbocycles. The van der Waals surface area contributed by atoms with Crippen molar-refractivity contribution in [1.29, 1.82) is 0 Å². The van der Waals surface area contributed by atoms with Crippen LogP contribution in [0.15, 0.2) is 24.3 Å². The van der Waals surface area contributed by atoms with Crippen LogP contribution in [0.2, 0.25) is 0 Å². The van der Waals surface area contributed by atoms with E-state index in [-0.39, 0.29) is 0 Å². The molecule has 1 saturated heterocycles. The molecule has 2 rings (SSSR count). The molecule has 2 N–H and O–H groups in total. The maximum absolute atomic E-state index is 3.52. The highest BCUT2D eigenvalue weighted by atomic mass is 14.9. The number of rotatable bonds is 4. The second kappa shape index (κ2) is 5.29. The van der Waals surface area contributed by atoms with Crippen LogP contribution in [0.3, 0.4) is 0 Å². The van der Waals surface area contributed by atoms with Crippen LogP contribution in [0.1, 0.15) is 17.5 Å². The Hall–Kier alpha value is -0.860. The molecule has 0 bridgehead atoms. The van der Waals surface area contributed by atoms with Crippen molar-refractivity contribution >= 4 is 0 Å². The van der Waals surface area contributed by atoms with Gasteiger partial charge in [-0.25, -0.2) is 0 Å². The highest BCUT2D eigenvalue weighted by Crippen LogP contribution is 2.06. The van der Waals surface area contributed by atoms with Crippen LogP contribution >= 0.6 is 0 Å². The normalized spacial score (nSPS) is 20.7. The molecule has 2 heteroatoms. The van der Waals surface area contributed by atoms with Crippen molar-refractivity contribution in [3.05, 3.63) is 35.4 Å². The fourth-order valence-electron chi connectivity index (χ4n) is 2.02. The summed E-state index contributed by atoms with van der Waals surface area (Å²) in [4.78, 5) is 0. The van der Waals surface area contributed by atoms with Gasteiger partial charge in [0.1, 0.15) is 0 Å². The first-order valence-corrected chi connectivity index (χ1v) is 5.81. The Morgan fingerprint density at radius 2 is 2.13 bits per heavy atom. The predicted octanol–water partition coefficient (Wildman–Crippen LogP) is 1.69. The minimum Gasteiger partial charge on any atom is -0.316 e. The van der Waals surface area contributed by atoms with Crippen molar-refractivity contribution in [3.63, 3.8) is 0 Å². The van der Waals surface area contributed by atoms with Gasteiger partial charge in [-0.3, -0.25) is 0 Å². The maximum Gasteiger partial charge on any atom is 0.0205 e. The lowest BCUT2D eigenvalue weighted by molar-refractivity contribution is 0.512. The summed E-state index contributed by atoms with van der Waals surface area (Å²) in [6, 6.07) is 8.76. The first-order valence-electron chi connectivity index (χ1n) is 5.81. The Labute approximate surface area is 92.1 Å². The molecule has 2 nitrogen and oxygen atoms in total. The molecule has 82 valence electrons. The molecular formula is C13H20N2. The van der Waals surface area contributed by atoms with Crippen LogP contribution < -0.4 is 10.6 Å². The van der Waals surface area contributed by atoms with Gasteiger partial charge in [0.25, 0.3) is 0 Å². The van der Waals surface area contributed by atoms with Crippen LogP contribution in [0, 0.1) is 12.8 Å². The smallest absolute Gasteiger partial charge is 0.0205 e. The van der Waals surface area contributed by atoms with Crippen molar-refractivity contribution in [3.8, 4) is 0 Å². The molecular weight excluding hydrogens is 184 g/mol. The largest absolute Gasteiger partial charge is 0.316 e. The molecule has 0 saturated carbocycles. The zero-order valence-corrected chi connectivity index (χ0v) is 9.42. The highest BCUT2D eigenvalue weighted by molar-refractivity contribution is 5.21. The predicted molar refractivity (Wildman–Crippen MR) is 63.9 cm³/mol. The van der Waals surface area contributed by atoms with Crippen molar-refractivity contribution in [2.24, 2.45) is 5.92 Å². The Balaban J connectivity index is 1.71. The average Bonchev–Trinajstić information content (AvgIpc) is 2.74. The molecule has 1 aromatic rings. The molecule has 1 unspecified atom stereocenters. The topological polar surface area (TPSA) is 24.1 Å². The van der Waals surface area contributed by atoms with Gasteiger partial charge in [-0.1, -0.05) is 29.8 Å². The Bertz CT molecular complexity index is 286. The van der Waals surface area contributed by atoms with Crippen LogP contribution in [0.5, 0.6) is 0 Å². The van der Waals surface area contributed by atoms with Crippen LogP contribution in [0.4, 0.5) is 0 Å². The zero-order chi connectivity index (χ0) is 10.5. The number of nitrogens with one attached hydrogen (secondary N) is 2. The molecule has 1 aliphatic rings. The Morgan fingerprint density at radius 3 is 2.80 bits per heavy atom. The van der Waals surface area contributed by atoms with Crippen molar-refractivity contribution in [1.82, 2.24) is 10.6 Å². The number of hydrogen-bond donors (Lipinski definition) is 2. The molecule has 0 aromatic heterocycles. The monoisotopic (exact) mass is 204 g/mol. The SMILES string of the molecule is Cc1ccc(CNCC2CCNC2)cc1. The molecule has 1 fully saturated rings.